The Morgan fingerprint density at radius 2 is 2.10 bits per heavy atom. The van der Waals surface area contributed by atoms with E-state index in [0.717, 1.165) is 29.7 Å². The van der Waals surface area contributed by atoms with Crippen LogP contribution in [-0.4, -0.2) is 20.7 Å². The van der Waals surface area contributed by atoms with Crippen LogP contribution in [0.2, 0.25) is 0 Å². The Bertz CT molecular complexity index is 602. The highest BCUT2D eigenvalue weighted by molar-refractivity contribution is 5.78. The summed E-state index contributed by atoms with van der Waals surface area (Å²) in [5.41, 5.74) is 3.01. The predicted octanol–water partition coefficient (Wildman–Crippen LogP) is 2.53. The molecule has 2 aromatic rings. The van der Waals surface area contributed by atoms with Gasteiger partial charge in [-0.2, -0.15) is 5.10 Å². The Morgan fingerprint density at radius 3 is 2.71 bits per heavy atom. The first kappa shape index (κ1) is 15.2. The van der Waals surface area contributed by atoms with Crippen LogP contribution < -0.4 is 5.32 Å². The topological polar surface area (TPSA) is 59.8 Å². The van der Waals surface area contributed by atoms with Gasteiger partial charge in [-0.25, -0.2) is 0 Å². The second kappa shape index (κ2) is 7.02. The molecule has 0 saturated heterocycles. The molecular formula is C16H22N4O. The van der Waals surface area contributed by atoms with Crippen molar-refractivity contribution in [2.45, 2.75) is 33.2 Å². The van der Waals surface area contributed by atoms with Crippen molar-refractivity contribution in [3.05, 3.63) is 36.3 Å². The normalized spacial score (nSPS) is 10.9. The van der Waals surface area contributed by atoms with E-state index in [4.69, 9.17) is 0 Å². The highest BCUT2D eigenvalue weighted by Crippen LogP contribution is 2.18. The zero-order valence-corrected chi connectivity index (χ0v) is 12.8. The summed E-state index contributed by atoms with van der Waals surface area (Å²) >= 11 is 0. The smallest absolute Gasteiger partial charge is 0.223 e. The van der Waals surface area contributed by atoms with Gasteiger partial charge in [0.25, 0.3) is 0 Å². The summed E-state index contributed by atoms with van der Waals surface area (Å²) in [6.07, 6.45) is 7.10. The summed E-state index contributed by atoms with van der Waals surface area (Å²) in [5.74, 6) is 0.212. The molecule has 21 heavy (non-hydrogen) atoms. The van der Waals surface area contributed by atoms with Gasteiger partial charge in [-0.1, -0.05) is 13.8 Å². The molecule has 112 valence electrons. The first-order chi connectivity index (χ1) is 10.2. The molecule has 1 amide bonds. The molecule has 5 nitrogen and oxygen atoms in total. The van der Waals surface area contributed by atoms with Gasteiger partial charge in [0, 0.05) is 43.7 Å². The molecule has 0 aliphatic rings. The molecule has 2 aromatic heterocycles. The Hall–Kier alpha value is -2.17. The third-order valence-electron chi connectivity index (χ3n) is 3.73. The van der Waals surface area contributed by atoms with E-state index in [1.165, 1.54) is 0 Å². The monoisotopic (exact) mass is 286 g/mol. The molecule has 0 radical (unpaired) electrons. The number of nitrogens with zero attached hydrogens (tertiary/aromatic N) is 3. The van der Waals surface area contributed by atoms with E-state index in [1.807, 2.05) is 43.9 Å². The van der Waals surface area contributed by atoms with Crippen LogP contribution >= 0.6 is 0 Å². The number of rotatable bonds is 6. The predicted molar refractivity (Wildman–Crippen MR) is 82.4 cm³/mol. The number of amides is 1. The van der Waals surface area contributed by atoms with Crippen LogP contribution in [0.15, 0.2) is 30.7 Å². The fourth-order valence-corrected chi connectivity index (χ4v) is 2.37. The Labute approximate surface area is 125 Å². The van der Waals surface area contributed by atoms with Crippen LogP contribution in [0.25, 0.3) is 11.3 Å². The second-order valence-corrected chi connectivity index (χ2v) is 5.15. The van der Waals surface area contributed by atoms with Gasteiger partial charge in [-0.3, -0.25) is 14.5 Å². The molecule has 0 spiro atoms. The number of carbonyl (C=O) groups excluding carboxylic acids is 1. The van der Waals surface area contributed by atoms with Crippen molar-refractivity contribution in [2.75, 3.05) is 0 Å². The van der Waals surface area contributed by atoms with Crippen LogP contribution in [-0.2, 0) is 18.4 Å². The van der Waals surface area contributed by atoms with E-state index in [1.54, 1.807) is 12.4 Å². The zero-order valence-electron chi connectivity index (χ0n) is 12.8. The molecule has 0 aliphatic heterocycles. The van der Waals surface area contributed by atoms with Crippen molar-refractivity contribution < 1.29 is 4.79 Å². The maximum Gasteiger partial charge on any atom is 0.223 e. The molecule has 0 unspecified atom stereocenters. The summed E-state index contributed by atoms with van der Waals surface area (Å²) in [5, 5.41) is 7.15. The summed E-state index contributed by atoms with van der Waals surface area (Å²) in [6.45, 7) is 4.59. The van der Waals surface area contributed by atoms with Gasteiger partial charge in [0.1, 0.15) is 0 Å². The number of nitrogens with one attached hydrogen (secondary N) is 1. The lowest BCUT2D eigenvalue weighted by molar-refractivity contribution is -0.125. The average Bonchev–Trinajstić information content (AvgIpc) is 2.93. The zero-order chi connectivity index (χ0) is 15.2. The van der Waals surface area contributed by atoms with E-state index in [-0.39, 0.29) is 11.8 Å². The van der Waals surface area contributed by atoms with Gasteiger partial charge >= 0.3 is 0 Å². The maximum absolute atomic E-state index is 12.0. The summed E-state index contributed by atoms with van der Waals surface area (Å²) in [6, 6.07) is 3.99. The van der Waals surface area contributed by atoms with E-state index < -0.39 is 0 Å². The van der Waals surface area contributed by atoms with Crippen LogP contribution in [0.4, 0.5) is 0 Å². The third-order valence-corrected chi connectivity index (χ3v) is 3.73. The molecule has 1 N–H and O–H groups in total. The molecule has 5 heteroatoms. The van der Waals surface area contributed by atoms with E-state index in [2.05, 4.69) is 15.4 Å². The van der Waals surface area contributed by atoms with Crippen molar-refractivity contribution in [3.63, 3.8) is 0 Å². The van der Waals surface area contributed by atoms with Crippen molar-refractivity contribution in [3.8, 4) is 11.3 Å². The first-order valence-electron chi connectivity index (χ1n) is 7.35. The number of carbonyl (C=O) groups is 1. The molecule has 0 aromatic carbocycles. The summed E-state index contributed by atoms with van der Waals surface area (Å²) in [4.78, 5) is 16.3. The third kappa shape index (κ3) is 3.68. The molecule has 0 fully saturated rings. The molecule has 2 rings (SSSR count). The SMILES string of the molecule is CCC(CC)C(=O)NCc1cncc(-c2ccnn2C)c1. The quantitative estimate of drug-likeness (QED) is 0.887. The van der Waals surface area contributed by atoms with Crippen LogP contribution in [0, 0.1) is 5.92 Å². The highest BCUT2D eigenvalue weighted by atomic mass is 16.1. The average molecular weight is 286 g/mol. The van der Waals surface area contributed by atoms with Crippen LogP contribution in [0.5, 0.6) is 0 Å². The molecule has 0 atom stereocenters. The minimum absolute atomic E-state index is 0.0956. The van der Waals surface area contributed by atoms with Gasteiger partial charge in [0.05, 0.1) is 5.69 Å². The molecule has 2 heterocycles. The lowest BCUT2D eigenvalue weighted by Crippen LogP contribution is -2.29. The number of hydrogen-bond acceptors (Lipinski definition) is 3. The molecule has 0 saturated carbocycles. The molecule has 0 bridgehead atoms. The Morgan fingerprint density at radius 1 is 1.33 bits per heavy atom. The van der Waals surface area contributed by atoms with E-state index in [9.17, 15) is 4.79 Å². The van der Waals surface area contributed by atoms with Crippen molar-refractivity contribution in [1.29, 1.82) is 0 Å². The van der Waals surface area contributed by atoms with Gasteiger partial charge in [0.2, 0.25) is 5.91 Å². The summed E-state index contributed by atoms with van der Waals surface area (Å²) < 4.78 is 1.81. The van der Waals surface area contributed by atoms with Gasteiger partial charge in [0.15, 0.2) is 0 Å². The lowest BCUT2D eigenvalue weighted by Gasteiger charge is -2.13. The van der Waals surface area contributed by atoms with Gasteiger partial charge in [-0.05, 0) is 30.5 Å². The number of aryl methyl sites for hydroxylation is 1. The minimum Gasteiger partial charge on any atom is -0.352 e. The fraction of sp³-hybridized carbons (Fsp3) is 0.438. The fourth-order valence-electron chi connectivity index (χ4n) is 2.37. The Balaban J connectivity index is 2.05. The first-order valence-corrected chi connectivity index (χ1v) is 7.35. The van der Waals surface area contributed by atoms with Crippen molar-refractivity contribution in [1.82, 2.24) is 20.1 Å². The maximum atomic E-state index is 12.0. The number of pyridine rings is 1. The minimum atomic E-state index is 0.0956. The van der Waals surface area contributed by atoms with Crippen LogP contribution in [0.1, 0.15) is 32.3 Å². The van der Waals surface area contributed by atoms with Crippen LogP contribution in [0.3, 0.4) is 0 Å². The van der Waals surface area contributed by atoms with Crippen molar-refractivity contribution in [2.24, 2.45) is 13.0 Å². The van der Waals surface area contributed by atoms with E-state index in [0.29, 0.717) is 6.54 Å². The lowest BCUT2D eigenvalue weighted by atomic mass is 10.0. The molecular weight excluding hydrogens is 264 g/mol. The van der Waals surface area contributed by atoms with E-state index >= 15 is 0 Å². The van der Waals surface area contributed by atoms with Crippen molar-refractivity contribution >= 4 is 5.91 Å². The Kier molecular flexibility index (Phi) is 5.09. The number of hydrogen-bond donors (Lipinski definition) is 1. The number of aromatic nitrogens is 3. The highest BCUT2D eigenvalue weighted by Gasteiger charge is 2.13. The standard InChI is InChI=1S/C16H22N4O/c1-4-13(5-2)16(21)18-10-12-8-14(11-17-9-12)15-6-7-19-20(15)3/h6-9,11,13H,4-5,10H2,1-3H3,(H,18,21). The largest absolute Gasteiger partial charge is 0.352 e. The van der Waals surface area contributed by atoms with Gasteiger partial charge < -0.3 is 5.32 Å². The second-order valence-electron chi connectivity index (χ2n) is 5.15. The molecule has 0 aliphatic carbocycles. The van der Waals surface area contributed by atoms with Gasteiger partial charge in [-0.15, -0.1) is 0 Å². The summed E-state index contributed by atoms with van der Waals surface area (Å²) in [7, 11) is 1.90.